The van der Waals surface area contributed by atoms with Crippen LogP contribution < -0.4 is 14.2 Å². The molecule has 11 heteroatoms. The lowest BCUT2D eigenvalue weighted by molar-refractivity contribution is -0.394. The third-order valence-electron chi connectivity index (χ3n) is 4.46. The van der Waals surface area contributed by atoms with E-state index < -0.39 is 21.5 Å². The Hall–Kier alpha value is -4.25. The van der Waals surface area contributed by atoms with Crippen molar-refractivity contribution < 1.29 is 28.9 Å². The number of esters is 1. The molecule has 0 aliphatic rings. The number of nitrogens with zero attached hydrogens (tertiary/aromatic N) is 2. The number of carbonyl (C=O) groups excluding carboxylic acids is 1. The first-order chi connectivity index (χ1) is 16.3. The lowest BCUT2D eigenvalue weighted by Crippen LogP contribution is -2.18. The number of methoxy groups -OCH3 is 1. The second kappa shape index (κ2) is 11.1. The van der Waals surface area contributed by atoms with Gasteiger partial charge in [-0.2, -0.15) is 0 Å². The summed E-state index contributed by atoms with van der Waals surface area (Å²) >= 11 is 3.31. The smallest absolute Gasteiger partial charge is 0.349 e. The average molecular weight is 529 g/mol. The number of rotatable bonds is 9. The number of hydrogen-bond donors (Lipinski definition) is 0. The van der Waals surface area contributed by atoms with Gasteiger partial charge in [0.15, 0.2) is 18.1 Å². The number of carbonyl (C=O) groups is 1. The van der Waals surface area contributed by atoms with Crippen LogP contribution in [0.15, 0.2) is 65.1 Å². The van der Waals surface area contributed by atoms with Gasteiger partial charge in [-0.1, -0.05) is 28.1 Å². The molecule has 0 fully saturated rings. The van der Waals surface area contributed by atoms with E-state index in [4.69, 9.17) is 14.2 Å². The van der Waals surface area contributed by atoms with Gasteiger partial charge < -0.3 is 14.2 Å². The molecule has 0 atom stereocenters. The summed E-state index contributed by atoms with van der Waals surface area (Å²) in [7, 11) is 1.40. The average Bonchev–Trinajstić information content (AvgIpc) is 2.82. The lowest BCUT2D eigenvalue weighted by Gasteiger charge is -2.11. The minimum Gasteiger partial charge on any atom is -0.493 e. The Kier molecular flexibility index (Phi) is 7.93. The summed E-state index contributed by atoms with van der Waals surface area (Å²) in [4.78, 5) is 32.9. The molecule has 0 unspecified atom stereocenters. The normalized spacial score (nSPS) is 10.6. The van der Waals surface area contributed by atoms with Crippen LogP contribution in [0.3, 0.4) is 0 Å². The molecule has 0 heterocycles. The van der Waals surface area contributed by atoms with Crippen molar-refractivity contribution in [2.45, 2.75) is 0 Å². The maximum atomic E-state index is 12.2. The van der Waals surface area contributed by atoms with Crippen molar-refractivity contribution in [1.82, 2.24) is 0 Å². The molecule has 3 aromatic carbocycles. The van der Waals surface area contributed by atoms with Gasteiger partial charge in [0.1, 0.15) is 5.75 Å². The van der Waals surface area contributed by atoms with E-state index in [1.165, 1.54) is 31.4 Å². The van der Waals surface area contributed by atoms with Crippen molar-refractivity contribution in [1.29, 1.82) is 0 Å². The molecule has 0 radical (unpaired) electrons. The van der Waals surface area contributed by atoms with E-state index in [-0.39, 0.29) is 29.4 Å². The van der Waals surface area contributed by atoms with E-state index in [1.54, 1.807) is 42.5 Å². The molecule has 3 rings (SSSR count). The van der Waals surface area contributed by atoms with Gasteiger partial charge in [-0.05, 0) is 54.1 Å². The number of halogens is 1. The third-order valence-corrected chi connectivity index (χ3v) is 4.99. The van der Waals surface area contributed by atoms with Gasteiger partial charge in [0.25, 0.3) is 11.4 Å². The van der Waals surface area contributed by atoms with Crippen LogP contribution in [-0.4, -0.2) is 29.5 Å². The summed E-state index contributed by atoms with van der Waals surface area (Å²) in [5.41, 5.74) is 0.0140. The van der Waals surface area contributed by atoms with Crippen LogP contribution in [0.5, 0.6) is 17.2 Å². The number of hydrogen-bond acceptors (Lipinski definition) is 8. The topological polar surface area (TPSA) is 131 Å². The molecule has 0 aliphatic carbocycles. The van der Waals surface area contributed by atoms with E-state index in [1.807, 2.05) is 0 Å². The Morgan fingerprint density at radius 1 is 0.941 bits per heavy atom. The molecule has 0 saturated carbocycles. The van der Waals surface area contributed by atoms with E-state index >= 15 is 0 Å². The number of nitro benzene ring substituents is 2. The lowest BCUT2D eigenvalue weighted by atomic mass is 10.1. The standard InChI is InChI=1S/C23H17BrN2O8/c1-32-22-12-15(2-4-16-5-8-18(25(28)29)13-20(16)26(30)31)3-11-21(22)34-23(27)14-33-19-9-6-17(24)7-10-19/h2-13H,14H2,1H3/b4-2+. The quantitative estimate of drug-likeness (QED) is 0.118. The molecule has 0 amide bonds. The zero-order chi connectivity index (χ0) is 24.7. The number of nitro groups is 2. The highest BCUT2D eigenvalue weighted by molar-refractivity contribution is 9.10. The Bertz CT molecular complexity index is 1260. The summed E-state index contributed by atoms with van der Waals surface area (Å²) in [6, 6.07) is 15.1. The molecular weight excluding hydrogens is 512 g/mol. The molecule has 10 nitrogen and oxygen atoms in total. The van der Waals surface area contributed by atoms with Gasteiger partial charge in [-0.15, -0.1) is 0 Å². The molecule has 0 saturated heterocycles. The van der Waals surface area contributed by atoms with Crippen LogP contribution in [0.2, 0.25) is 0 Å². The fraction of sp³-hybridized carbons (Fsp3) is 0.0870. The van der Waals surface area contributed by atoms with Crippen molar-refractivity contribution in [2.24, 2.45) is 0 Å². The molecule has 0 spiro atoms. The number of ether oxygens (including phenoxy) is 3. The van der Waals surface area contributed by atoms with Gasteiger partial charge in [-0.25, -0.2) is 4.79 Å². The van der Waals surface area contributed by atoms with Crippen molar-refractivity contribution in [3.05, 3.63) is 96.5 Å². The first kappa shape index (κ1) is 24.4. The molecular formula is C23H17BrN2O8. The Morgan fingerprint density at radius 3 is 2.32 bits per heavy atom. The van der Waals surface area contributed by atoms with Crippen LogP contribution in [0.25, 0.3) is 12.2 Å². The van der Waals surface area contributed by atoms with Gasteiger partial charge in [0, 0.05) is 10.5 Å². The molecule has 174 valence electrons. The van der Waals surface area contributed by atoms with E-state index in [2.05, 4.69) is 15.9 Å². The summed E-state index contributed by atoms with van der Waals surface area (Å²) in [6.07, 6.45) is 3.02. The highest BCUT2D eigenvalue weighted by Gasteiger charge is 2.18. The van der Waals surface area contributed by atoms with E-state index in [9.17, 15) is 25.0 Å². The fourth-order valence-corrected chi connectivity index (χ4v) is 3.09. The molecule has 0 bridgehead atoms. The SMILES string of the molecule is COc1cc(/C=C/c2ccc([N+](=O)[O-])cc2[N+](=O)[O-])ccc1OC(=O)COc1ccc(Br)cc1. The predicted octanol–water partition coefficient (Wildman–Crippen LogP) is 5.43. The molecule has 0 aromatic heterocycles. The zero-order valence-corrected chi connectivity index (χ0v) is 19.3. The molecule has 0 aliphatic heterocycles. The Morgan fingerprint density at radius 2 is 1.68 bits per heavy atom. The third kappa shape index (κ3) is 6.39. The molecule has 34 heavy (non-hydrogen) atoms. The van der Waals surface area contributed by atoms with Crippen LogP contribution in [0.1, 0.15) is 11.1 Å². The van der Waals surface area contributed by atoms with Crippen molar-refractivity contribution >= 4 is 45.4 Å². The second-order valence-corrected chi connectivity index (χ2v) is 7.63. The van der Waals surface area contributed by atoms with Gasteiger partial charge in [0.05, 0.1) is 28.6 Å². The molecule has 0 N–H and O–H groups in total. The summed E-state index contributed by atoms with van der Waals surface area (Å²) < 4.78 is 16.9. The summed E-state index contributed by atoms with van der Waals surface area (Å²) in [6.45, 7) is -0.309. The second-order valence-electron chi connectivity index (χ2n) is 6.72. The van der Waals surface area contributed by atoms with Crippen LogP contribution in [0.4, 0.5) is 11.4 Å². The zero-order valence-electron chi connectivity index (χ0n) is 17.7. The van der Waals surface area contributed by atoms with Gasteiger partial charge >= 0.3 is 5.97 Å². The predicted molar refractivity (Wildman–Crippen MR) is 127 cm³/mol. The number of benzene rings is 3. The van der Waals surface area contributed by atoms with Crippen LogP contribution in [-0.2, 0) is 4.79 Å². The number of non-ortho nitro benzene ring substituents is 1. The van der Waals surface area contributed by atoms with Crippen LogP contribution >= 0.6 is 15.9 Å². The minimum absolute atomic E-state index is 0.172. The van der Waals surface area contributed by atoms with Gasteiger partial charge in [-0.3, -0.25) is 20.2 Å². The maximum Gasteiger partial charge on any atom is 0.349 e. The highest BCUT2D eigenvalue weighted by atomic mass is 79.9. The highest BCUT2D eigenvalue weighted by Crippen LogP contribution is 2.30. The van der Waals surface area contributed by atoms with Crippen LogP contribution in [0, 0.1) is 20.2 Å². The van der Waals surface area contributed by atoms with E-state index in [0.29, 0.717) is 11.3 Å². The fourth-order valence-electron chi connectivity index (χ4n) is 2.83. The maximum absolute atomic E-state index is 12.2. The largest absolute Gasteiger partial charge is 0.493 e. The minimum atomic E-state index is -0.699. The van der Waals surface area contributed by atoms with Crippen molar-refractivity contribution in [3.8, 4) is 17.2 Å². The molecule has 3 aromatic rings. The summed E-state index contributed by atoms with van der Waals surface area (Å²) in [5, 5.41) is 22.2. The van der Waals surface area contributed by atoms with Crippen molar-refractivity contribution in [2.75, 3.05) is 13.7 Å². The summed E-state index contributed by atoms with van der Waals surface area (Å²) in [5.74, 6) is 0.307. The first-order valence-corrected chi connectivity index (χ1v) is 10.4. The Labute approximate surface area is 201 Å². The van der Waals surface area contributed by atoms with E-state index in [0.717, 1.165) is 10.5 Å². The monoisotopic (exact) mass is 528 g/mol. The van der Waals surface area contributed by atoms with Gasteiger partial charge in [0.2, 0.25) is 0 Å². The Balaban J connectivity index is 1.71. The van der Waals surface area contributed by atoms with Crippen molar-refractivity contribution in [3.63, 3.8) is 0 Å². The first-order valence-electron chi connectivity index (χ1n) is 9.65.